The zero-order valence-electron chi connectivity index (χ0n) is 11.0. The van der Waals surface area contributed by atoms with Crippen LogP contribution in [-0.4, -0.2) is 14.7 Å². The molecule has 5 nitrogen and oxygen atoms in total. The van der Waals surface area contributed by atoms with Gasteiger partial charge in [-0.15, -0.1) is 11.3 Å². The zero-order chi connectivity index (χ0) is 14.7. The second kappa shape index (κ2) is 6.41. The highest BCUT2D eigenvalue weighted by atomic mass is 79.9. The Morgan fingerprint density at radius 1 is 1.35 bits per heavy atom. The number of aromatic hydroxyl groups is 1. The first-order valence-corrected chi connectivity index (χ1v) is 7.93. The Kier molecular flexibility index (Phi) is 4.82. The fourth-order valence-electron chi connectivity index (χ4n) is 1.99. The number of nitrogens with one attached hydrogen (secondary N) is 1. The van der Waals surface area contributed by atoms with Gasteiger partial charge in [-0.25, -0.2) is 4.79 Å². The summed E-state index contributed by atoms with van der Waals surface area (Å²) in [6.07, 6.45) is 1.81. The zero-order valence-corrected chi connectivity index (χ0v) is 13.4. The van der Waals surface area contributed by atoms with E-state index in [1.165, 1.54) is 4.57 Å². The van der Waals surface area contributed by atoms with Crippen LogP contribution in [0.1, 0.15) is 23.8 Å². The standard InChI is InChI=1S/C13H15BrN2O3S/c1-2-3-9-11(17)15-13(19)16(12(9)18)7-6-8-4-5-10(14)20-8/h4-5,18H,2-3,6-7H2,1H3,(H,15,17,19). The van der Waals surface area contributed by atoms with Crippen LogP contribution >= 0.6 is 27.3 Å². The summed E-state index contributed by atoms with van der Waals surface area (Å²) in [5, 5.41) is 10.1. The number of thiophene rings is 1. The molecule has 2 N–H and O–H groups in total. The molecule has 0 atom stereocenters. The van der Waals surface area contributed by atoms with Crippen molar-refractivity contribution in [3.05, 3.63) is 47.2 Å². The summed E-state index contributed by atoms with van der Waals surface area (Å²) in [5.74, 6) is -0.212. The van der Waals surface area contributed by atoms with E-state index in [0.29, 0.717) is 19.4 Å². The lowest BCUT2D eigenvalue weighted by Crippen LogP contribution is -2.32. The Balaban J connectivity index is 2.29. The van der Waals surface area contributed by atoms with Gasteiger partial charge in [0, 0.05) is 17.8 Å². The Morgan fingerprint density at radius 3 is 2.70 bits per heavy atom. The molecule has 0 bridgehead atoms. The van der Waals surface area contributed by atoms with Crippen LogP contribution in [0.3, 0.4) is 0 Å². The van der Waals surface area contributed by atoms with Crippen molar-refractivity contribution in [2.45, 2.75) is 32.7 Å². The van der Waals surface area contributed by atoms with Gasteiger partial charge >= 0.3 is 5.69 Å². The number of halogens is 1. The molecule has 0 spiro atoms. The van der Waals surface area contributed by atoms with Gasteiger partial charge in [-0.3, -0.25) is 14.3 Å². The smallest absolute Gasteiger partial charge is 0.331 e. The van der Waals surface area contributed by atoms with Crippen molar-refractivity contribution in [1.82, 2.24) is 9.55 Å². The van der Waals surface area contributed by atoms with Gasteiger partial charge in [-0.2, -0.15) is 0 Å². The molecular weight excluding hydrogens is 344 g/mol. The Morgan fingerprint density at radius 2 is 2.10 bits per heavy atom. The SMILES string of the molecule is CCCc1c(O)n(CCc2ccc(Br)s2)c(=O)[nH]c1=O. The quantitative estimate of drug-likeness (QED) is 0.860. The predicted octanol–water partition coefficient (Wildman–Crippen LogP) is 2.26. The fraction of sp³-hybridized carbons (Fsp3) is 0.385. The number of aryl methyl sites for hydroxylation is 1. The molecule has 0 aliphatic rings. The molecule has 2 aromatic heterocycles. The van der Waals surface area contributed by atoms with E-state index >= 15 is 0 Å². The summed E-state index contributed by atoms with van der Waals surface area (Å²) in [4.78, 5) is 26.8. The minimum atomic E-state index is -0.567. The minimum absolute atomic E-state index is 0.212. The van der Waals surface area contributed by atoms with Gasteiger partial charge in [0.15, 0.2) is 0 Å². The average Bonchev–Trinajstić information content (AvgIpc) is 2.80. The predicted molar refractivity (Wildman–Crippen MR) is 82.7 cm³/mol. The molecule has 0 aromatic carbocycles. The first-order valence-electron chi connectivity index (χ1n) is 6.32. The van der Waals surface area contributed by atoms with Crippen molar-refractivity contribution in [2.75, 3.05) is 0 Å². The third-order valence-corrected chi connectivity index (χ3v) is 4.66. The second-order valence-electron chi connectivity index (χ2n) is 4.42. The molecule has 20 heavy (non-hydrogen) atoms. The monoisotopic (exact) mass is 358 g/mol. The van der Waals surface area contributed by atoms with Gasteiger partial charge in [-0.1, -0.05) is 13.3 Å². The maximum atomic E-state index is 11.8. The van der Waals surface area contributed by atoms with Gasteiger partial charge in [0.1, 0.15) is 0 Å². The number of rotatable bonds is 5. The van der Waals surface area contributed by atoms with Crippen molar-refractivity contribution in [2.24, 2.45) is 0 Å². The lowest BCUT2D eigenvalue weighted by atomic mass is 10.2. The molecule has 0 fully saturated rings. The maximum absolute atomic E-state index is 11.8. The van der Waals surface area contributed by atoms with Crippen molar-refractivity contribution in [3.63, 3.8) is 0 Å². The minimum Gasteiger partial charge on any atom is -0.494 e. The molecule has 0 saturated heterocycles. The van der Waals surface area contributed by atoms with E-state index in [4.69, 9.17) is 0 Å². The van der Waals surface area contributed by atoms with Gasteiger partial charge in [-0.05, 0) is 34.5 Å². The van der Waals surface area contributed by atoms with Crippen LogP contribution in [0.4, 0.5) is 0 Å². The molecule has 0 saturated carbocycles. The molecule has 2 heterocycles. The molecule has 2 aromatic rings. The third-order valence-electron chi connectivity index (χ3n) is 2.98. The molecule has 0 amide bonds. The molecular formula is C13H15BrN2O3S. The molecule has 0 aliphatic carbocycles. The van der Waals surface area contributed by atoms with Crippen LogP contribution in [-0.2, 0) is 19.4 Å². The van der Waals surface area contributed by atoms with E-state index in [-0.39, 0.29) is 11.4 Å². The maximum Gasteiger partial charge on any atom is 0.331 e. The number of aromatic nitrogens is 2. The molecule has 2 rings (SSSR count). The van der Waals surface area contributed by atoms with Crippen LogP contribution in [0.15, 0.2) is 25.5 Å². The van der Waals surface area contributed by atoms with Crippen molar-refractivity contribution in [3.8, 4) is 5.88 Å². The number of nitrogens with zero attached hydrogens (tertiary/aromatic N) is 1. The van der Waals surface area contributed by atoms with Crippen molar-refractivity contribution >= 4 is 27.3 Å². The number of hydrogen-bond donors (Lipinski definition) is 2. The molecule has 0 unspecified atom stereocenters. The summed E-state index contributed by atoms with van der Waals surface area (Å²) in [5.41, 5.74) is -0.785. The summed E-state index contributed by atoms with van der Waals surface area (Å²) in [6, 6.07) is 3.91. The van der Waals surface area contributed by atoms with Gasteiger partial charge in [0.05, 0.1) is 9.35 Å². The Hall–Kier alpha value is -1.34. The number of hydrogen-bond acceptors (Lipinski definition) is 4. The Bertz CT molecular complexity index is 717. The lowest BCUT2D eigenvalue weighted by Gasteiger charge is -2.10. The highest BCUT2D eigenvalue weighted by Gasteiger charge is 2.13. The van der Waals surface area contributed by atoms with Crippen LogP contribution in [0.25, 0.3) is 0 Å². The summed E-state index contributed by atoms with van der Waals surface area (Å²) < 4.78 is 2.25. The number of aromatic amines is 1. The third kappa shape index (κ3) is 3.21. The average molecular weight is 359 g/mol. The fourth-order valence-corrected chi connectivity index (χ4v) is 3.46. The normalized spacial score (nSPS) is 10.9. The molecule has 0 aliphatic heterocycles. The highest BCUT2D eigenvalue weighted by molar-refractivity contribution is 9.11. The summed E-state index contributed by atoms with van der Waals surface area (Å²) >= 11 is 4.97. The van der Waals surface area contributed by atoms with Gasteiger partial charge in [0.25, 0.3) is 5.56 Å². The van der Waals surface area contributed by atoms with E-state index in [9.17, 15) is 14.7 Å². The van der Waals surface area contributed by atoms with E-state index in [0.717, 1.165) is 15.1 Å². The molecule has 108 valence electrons. The second-order valence-corrected chi connectivity index (χ2v) is 6.97. The topological polar surface area (TPSA) is 75.1 Å². The van der Waals surface area contributed by atoms with E-state index < -0.39 is 11.2 Å². The Labute approximate surface area is 128 Å². The van der Waals surface area contributed by atoms with Crippen molar-refractivity contribution in [1.29, 1.82) is 0 Å². The number of H-pyrrole nitrogens is 1. The van der Waals surface area contributed by atoms with E-state index in [1.54, 1.807) is 11.3 Å². The van der Waals surface area contributed by atoms with Crippen LogP contribution in [0.2, 0.25) is 0 Å². The lowest BCUT2D eigenvalue weighted by molar-refractivity contribution is 0.392. The largest absolute Gasteiger partial charge is 0.494 e. The summed E-state index contributed by atoms with van der Waals surface area (Å²) in [7, 11) is 0. The van der Waals surface area contributed by atoms with Gasteiger partial charge in [0.2, 0.25) is 5.88 Å². The van der Waals surface area contributed by atoms with E-state index in [2.05, 4.69) is 20.9 Å². The summed E-state index contributed by atoms with van der Waals surface area (Å²) in [6.45, 7) is 2.25. The first-order chi connectivity index (χ1) is 9.52. The van der Waals surface area contributed by atoms with Crippen LogP contribution in [0.5, 0.6) is 5.88 Å². The van der Waals surface area contributed by atoms with Gasteiger partial charge < -0.3 is 5.11 Å². The molecule has 7 heteroatoms. The first kappa shape index (κ1) is 15.1. The van der Waals surface area contributed by atoms with E-state index in [1.807, 2.05) is 19.1 Å². The molecule has 0 radical (unpaired) electrons. The van der Waals surface area contributed by atoms with Crippen LogP contribution in [0, 0.1) is 0 Å². The van der Waals surface area contributed by atoms with Crippen LogP contribution < -0.4 is 11.2 Å². The van der Waals surface area contributed by atoms with Crippen molar-refractivity contribution < 1.29 is 5.11 Å². The highest BCUT2D eigenvalue weighted by Crippen LogP contribution is 2.23.